The van der Waals surface area contributed by atoms with Crippen LogP contribution in [0.5, 0.6) is 0 Å². The van der Waals surface area contributed by atoms with Crippen molar-refractivity contribution >= 4 is 17.5 Å². The number of hydrogen-bond acceptors (Lipinski definition) is 3. The molecule has 0 radical (unpaired) electrons. The van der Waals surface area contributed by atoms with Gasteiger partial charge in [0.15, 0.2) is 5.69 Å². The molecule has 0 saturated carbocycles. The molecule has 0 bridgehead atoms. The van der Waals surface area contributed by atoms with Crippen molar-refractivity contribution in [3.8, 4) is 0 Å². The highest BCUT2D eigenvalue weighted by molar-refractivity contribution is 6.34. The lowest BCUT2D eigenvalue weighted by Crippen LogP contribution is -2.45. The quantitative estimate of drug-likeness (QED) is 0.822. The normalized spacial score (nSPS) is 19.2. The van der Waals surface area contributed by atoms with Crippen molar-refractivity contribution in [1.82, 2.24) is 19.6 Å². The van der Waals surface area contributed by atoms with Gasteiger partial charge in [-0.3, -0.25) is 9.48 Å². The van der Waals surface area contributed by atoms with Crippen molar-refractivity contribution in [2.45, 2.75) is 37.9 Å². The number of alkyl halides is 3. The lowest BCUT2D eigenvalue weighted by molar-refractivity contribution is -0.141. The van der Waals surface area contributed by atoms with Gasteiger partial charge in [0.1, 0.15) is 10.7 Å². The lowest BCUT2D eigenvalue weighted by atomic mass is 9.98. The third-order valence-corrected chi connectivity index (χ3v) is 4.62. The predicted molar refractivity (Wildman–Crippen MR) is 85.1 cm³/mol. The molecule has 24 heavy (non-hydrogen) atoms. The van der Waals surface area contributed by atoms with Crippen LogP contribution in [-0.4, -0.2) is 58.7 Å². The Bertz CT molecular complexity index is 600. The van der Waals surface area contributed by atoms with Gasteiger partial charge in [0.2, 0.25) is 0 Å². The number of amides is 1. The molecule has 0 N–H and O–H groups in total. The molecule has 0 aliphatic carbocycles. The number of piperidine rings is 1. The molecule has 1 atom stereocenters. The van der Waals surface area contributed by atoms with E-state index >= 15 is 0 Å². The number of aryl methyl sites for hydroxylation is 1. The van der Waals surface area contributed by atoms with E-state index in [9.17, 15) is 18.0 Å². The van der Waals surface area contributed by atoms with Crippen LogP contribution >= 0.6 is 11.6 Å². The molecule has 1 saturated heterocycles. The average molecular weight is 367 g/mol. The van der Waals surface area contributed by atoms with E-state index in [0.717, 1.165) is 36.9 Å². The summed E-state index contributed by atoms with van der Waals surface area (Å²) in [5.41, 5.74) is -1.40. The van der Waals surface area contributed by atoms with Gasteiger partial charge in [-0.25, -0.2) is 0 Å². The fourth-order valence-corrected chi connectivity index (χ4v) is 3.37. The van der Waals surface area contributed by atoms with Crippen molar-refractivity contribution in [3.63, 3.8) is 0 Å². The highest BCUT2D eigenvalue weighted by Gasteiger charge is 2.41. The molecule has 1 aromatic heterocycles. The average Bonchev–Trinajstić information content (AvgIpc) is 2.80. The first-order chi connectivity index (χ1) is 11.1. The summed E-state index contributed by atoms with van der Waals surface area (Å²) in [6.07, 6.45) is -1.21. The summed E-state index contributed by atoms with van der Waals surface area (Å²) in [7, 11) is 5.21. The highest BCUT2D eigenvalue weighted by Crippen LogP contribution is 2.36. The maximum absolute atomic E-state index is 12.9. The van der Waals surface area contributed by atoms with Crippen LogP contribution in [-0.2, 0) is 13.2 Å². The predicted octanol–water partition coefficient (Wildman–Crippen LogP) is 3.04. The minimum atomic E-state index is -4.68. The van der Waals surface area contributed by atoms with Crippen LogP contribution < -0.4 is 0 Å². The number of carbonyl (C=O) groups excluding carboxylic acids is 1. The monoisotopic (exact) mass is 366 g/mol. The van der Waals surface area contributed by atoms with Crippen LogP contribution in [0, 0.1) is 0 Å². The second-order valence-corrected chi connectivity index (χ2v) is 6.75. The standard InChI is InChI=1S/C15H22ClF3N4O/c1-21(2)9-7-10-6-4-5-8-23(10)14(24)12-11(16)13(15(17,18)19)20-22(12)3/h10H,4-9H2,1-3H3/t10-/m1/s1. The molecule has 2 rings (SSSR count). The van der Waals surface area contributed by atoms with Gasteiger partial charge in [-0.1, -0.05) is 11.6 Å². The van der Waals surface area contributed by atoms with E-state index in [1.165, 1.54) is 7.05 Å². The SMILES string of the molecule is CN(C)CC[C@H]1CCCCN1C(=O)c1c(Cl)c(C(F)(F)F)nn1C. The van der Waals surface area contributed by atoms with E-state index in [2.05, 4.69) is 5.10 Å². The maximum Gasteiger partial charge on any atom is 0.436 e. The van der Waals surface area contributed by atoms with Crippen LogP contribution in [0.1, 0.15) is 41.9 Å². The van der Waals surface area contributed by atoms with E-state index < -0.39 is 22.8 Å². The van der Waals surface area contributed by atoms with Crippen molar-refractivity contribution < 1.29 is 18.0 Å². The van der Waals surface area contributed by atoms with Gasteiger partial charge in [-0.15, -0.1) is 0 Å². The molecule has 9 heteroatoms. The third kappa shape index (κ3) is 4.03. The van der Waals surface area contributed by atoms with Crippen molar-refractivity contribution in [3.05, 3.63) is 16.4 Å². The fraction of sp³-hybridized carbons (Fsp3) is 0.733. The van der Waals surface area contributed by atoms with Crippen molar-refractivity contribution in [1.29, 1.82) is 0 Å². The van der Waals surface area contributed by atoms with Crippen LogP contribution in [0.15, 0.2) is 0 Å². The summed E-state index contributed by atoms with van der Waals surface area (Å²) in [6.45, 7) is 1.33. The topological polar surface area (TPSA) is 41.4 Å². The van der Waals surface area contributed by atoms with Crippen LogP contribution in [0.2, 0.25) is 5.02 Å². The number of aromatic nitrogens is 2. The molecule has 0 unspecified atom stereocenters. The Morgan fingerprint density at radius 1 is 1.38 bits per heavy atom. The first-order valence-electron chi connectivity index (χ1n) is 7.88. The molecular formula is C15H22ClF3N4O. The first kappa shape index (κ1) is 19.1. The summed E-state index contributed by atoms with van der Waals surface area (Å²) in [5.74, 6) is -0.478. The molecule has 2 heterocycles. The van der Waals surface area contributed by atoms with Gasteiger partial charge >= 0.3 is 6.18 Å². The van der Waals surface area contributed by atoms with E-state index in [-0.39, 0.29) is 11.7 Å². The Hall–Kier alpha value is -1.28. The Morgan fingerprint density at radius 3 is 2.58 bits per heavy atom. The summed E-state index contributed by atoms with van der Waals surface area (Å²) in [5, 5.41) is 2.78. The number of likely N-dealkylation sites (tertiary alicyclic amines) is 1. The minimum Gasteiger partial charge on any atom is -0.334 e. The van der Waals surface area contributed by atoms with Gasteiger partial charge in [-0.2, -0.15) is 18.3 Å². The molecule has 1 fully saturated rings. The van der Waals surface area contributed by atoms with Crippen LogP contribution in [0.4, 0.5) is 13.2 Å². The molecule has 0 spiro atoms. The Balaban J connectivity index is 2.27. The van der Waals surface area contributed by atoms with Crippen LogP contribution in [0.3, 0.4) is 0 Å². The van der Waals surface area contributed by atoms with Gasteiger partial charge in [0.05, 0.1) is 0 Å². The maximum atomic E-state index is 12.9. The molecule has 1 aliphatic heterocycles. The van der Waals surface area contributed by atoms with Gasteiger partial charge in [-0.05, 0) is 46.3 Å². The molecule has 0 aromatic carbocycles. The number of halogens is 4. The second kappa shape index (κ2) is 7.31. The van der Waals surface area contributed by atoms with Crippen molar-refractivity contribution in [2.75, 3.05) is 27.2 Å². The molecule has 1 amide bonds. The molecule has 136 valence electrons. The van der Waals surface area contributed by atoms with E-state index in [0.29, 0.717) is 6.54 Å². The van der Waals surface area contributed by atoms with Gasteiger partial charge < -0.3 is 9.80 Å². The zero-order chi connectivity index (χ0) is 18.1. The Labute approximate surface area is 144 Å². The molecule has 1 aliphatic rings. The largest absolute Gasteiger partial charge is 0.436 e. The van der Waals surface area contributed by atoms with Crippen molar-refractivity contribution in [2.24, 2.45) is 7.05 Å². The van der Waals surface area contributed by atoms with E-state index in [1.54, 1.807) is 4.90 Å². The first-order valence-corrected chi connectivity index (χ1v) is 8.26. The molecule has 1 aromatic rings. The number of rotatable bonds is 4. The molecular weight excluding hydrogens is 345 g/mol. The lowest BCUT2D eigenvalue weighted by Gasteiger charge is -2.36. The van der Waals surface area contributed by atoms with E-state index in [1.807, 2.05) is 19.0 Å². The second-order valence-electron chi connectivity index (χ2n) is 6.37. The summed E-state index contributed by atoms with van der Waals surface area (Å²) < 4.78 is 39.8. The fourth-order valence-electron chi connectivity index (χ4n) is 3.02. The smallest absolute Gasteiger partial charge is 0.334 e. The minimum absolute atomic E-state index is 0.00829. The number of hydrogen-bond donors (Lipinski definition) is 0. The zero-order valence-electron chi connectivity index (χ0n) is 14.0. The van der Waals surface area contributed by atoms with E-state index in [4.69, 9.17) is 11.6 Å². The number of carbonyl (C=O) groups is 1. The summed E-state index contributed by atoms with van der Waals surface area (Å²) in [6, 6.07) is 0.00829. The van der Waals surface area contributed by atoms with Gasteiger partial charge in [0.25, 0.3) is 5.91 Å². The third-order valence-electron chi connectivity index (χ3n) is 4.26. The highest BCUT2D eigenvalue weighted by atomic mass is 35.5. The molecule has 5 nitrogen and oxygen atoms in total. The summed E-state index contributed by atoms with van der Waals surface area (Å²) >= 11 is 5.84. The summed E-state index contributed by atoms with van der Waals surface area (Å²) in [4.78, 5) is 16.5. The number of nitrogens with zero attached hydrogens (tertiary/aromatic N) is 4. The Morgan fingerprint density at radius 2 is 2.04 bits per heavy atom. The zero-order valence-corrected chi connectivity index (χ0v) is 14.8. The van der Waals surface area contributed by atoms with Gasteiger partial charge in [0, 0.05) is 19.6 Å². The van der Waals surface area contributed by atoms with Crippen LogP contribution in [0.25, 0.3) is 0 Å². The Kier molecular flexibility index (Phi) is 5.80.